The van der Waals surface area contributed by atoms with Gasteiger partial charge in [0.15, 0.2) is 5.82 Å². The van der Waals surface area contributed by atoms with Crippen molar-refractivity contribution in [2.45, 2.75) is 88.9 Å². The van der Waals surface area contributed by atoms with Gasteiger partial charge in [-0.2, -0.15) is 0 Å². The Hall–Kier alpha value is -3.26. The molecule has 1 spiro atoms. The van der Waals surface area contributed by atoms with Crippen LogP contribution in [0, 0.1) is 17.6 Å². The van der Waals surface area contributed by atoms with Crippen LogP contribution in [0.2, 0.25) is 0 Å². The fourth-order valence-electron chi connectivity index (χ4n) is 7.94. The SMILES string of the molecule is CC1=Nc2c(F)cc(-c3nc(Nc4ccc(C5CCN(CC6CCCCC6)CC5)cn4)ncc3F)cc2C12CCCC2. The molecular formula is C34H40F2N6. The van der Waals surface area contributed by atoms with Gasteiger partial charge >= 0.3 is 0 Å². The Balaban J connectivity index is 1.03. The number of hydrogen-bond acceptors (Lipinski definition) is 6. The first-order valence-electron chi connectivity index (χ1n) is 15.9. The minimum absolute atomic E-state index is 0.0727. The summed E-state index contributed by atoms with van der Waals surface area (Å²) < 4.78 is 30.3. The van der Waals surface area contributed by atoms with Crippen LogP contribution in [0.3, 0.4) is 0 Å². The number of nitrogens with zero attached hydrogens (tertiary/aromatic N) is 5. The molecule has 220 valence electrons. The summed E-state index contributed by atoms with van der Waals surface area (Å²) in [4.78, 5) is 20.5. The maximum absolute atomic E-state index is 15.2. The second kappa shape index (κ2) is 11.4. The summed E-state index contributed by atoms with van der Waals surface area (Å²) in [5, 5.41) is 3.12. The first kappa shape index (κ1) is 27.6. The smallest absolute Gasteiger partial charge is 0.229 e. The Labute approximate surface area is 247 Å². The molecule has 1 aromatic carbocycles. The van der Waals surface area contributed by atoms with E-state index in [0.29, 0.717) is 23.0 Å². The Morgan fingerprint density at radius 1 is 0.905 bits per heavy atom. The average Bonchev–Trinajstić information content (AvgIpc) is 3.62. The van der Waals surface area contributed by atoms with Gasteiger partial charge in [0.1, 0.15) is 23.0 Å². The van der Waals surface area contributed by atoms with Gasteiger partial charge in [0.05, 0.1) is 6.20 Å². The topological polar surface area (TPSA) is 66.3 Å². The Morgan fingerprint density at radius 3 is 2.43 bits per heavy atom. The molecule has 1 saturated heterocycles. The molecule has 4 heterocycles. The van der Waals surface area contributed by atoms with Crippen LogP contribution in [0.4, 0.5) is 26.2 Å². The number of aliphatic imine (C=N–C) groups is 1. The van der Waals surface area contributed by atoms with Crippen LogP contribution >= 0.6 is 0 Å². The van der Waals surface area contributed by atoms with Crippen molar-refractivity contribution < 1.29 is 8.78 Å². The third-order valence-corrected chi connectivity index (χ3v) is 10.4. The van der Waals surface area contributed by atoms with Crippen LogP contribution in [0.15, 0.2) is 41.7 Å². The predicted molar refractivity (Wildman–Crippen MR) is 163 cm³/mol. The lowest BCUT2D eigenvalue weighted by Gasteiger charge is -2.35. The normalized spacial score (nSPS) is 21.1. The van der Waals surface area contributed by atoms with Gasteiger partial charge in [-0.1, -0.05) is 38.2 Å². The van der Waals surface area contributed by atoms with E-state index in [4.69, 9.17) is 0 Å². The number of hydrogen-bond donors (Lipinski definition) is 1. The molecule has 7 rings (SSSR count). The molecule has 8 heteroatoms. The van der Waals surface area contributed by atoms with E-state index in [1.807, 2.05) is 25.3 Å². The van der Waals surface area contributed by atoms with Crippen LogP contribution in [0.25, 0.3) is 11.3 Å². The van der Waals surface area contributed by atoms with Gasteiger partial charge in [-0.25, -0.2) is 23.7 Å². The Bertz CT molecular complexity index is 1470. The molecule has 3 fully saturated rings. The second-order valence-electron chi connectivity index (χ2n) is 12.9. The predicted octanol–water partition coefficient (Wildman–Crippen LogP) is 8.24. The number of likely N-dealkylation sites (tertiary alicyclic amines) is 1. The van der Waals surface area contributed by atoms with E-state index in [-0.39, 0.29) is 17.1 Å². The third-order valence-electron chi connectivity index (χ3n) is 10.4. The van der Waals surface area contributed by atoms with Gasteiger partial charge in [-0.15, -0.1) is 0 Å². The Morgan fingerprint density at radius 2 is 1.69 bits per heavy atom. The van der Waals surface area contributed by atoms with Crippen molar-refractivity contribution in [1.29, 1.82) is 0 Å². The molecule has 0 unspecified atom stereocenters. The van der Waals surface area contributed by atoms with E-state index in [2.05, 4.69) is 36.2 Å². The number of benzene rings is 1. The minimum Gasteiger partial charge on any atom is -0.309 e. The standard InChI is InChI=1S/C34H40F2N6/c1-22-34(13-5-6-14-34)27-17-26(18-28(35)32(27)39-22)31-29(36)20-38-33(41-31)40-30-10-9-25(19-37-30)24-11-15-42(16-12-24)21-23-7-3-2-4-8-23/h9-10,17-20,23-24H,2-8,11-16,21H2,1H3,(H,37,38,40,41). The van der Waals surface area contributed by atoms with E-state index < -0.39 is 11.6 Å². The van der Waals surface area contributed by atoms with Crippen LogP contribution in [-0.4, -0.2) is 45.2 Å². The molecule has 2 aliphatic carbocycles. The zero-order valence-corrected chi connectivity index (χ0v) is 24.5. The number of piperidine rings is 1. The van der Waals surface area contributed by atoms with Gasteiger partial charge in [-0.05, 0) is 99.7 Å². The van der Waals surface area contributed by atoms with Crippen molar-refractivity contribution in [2.24, 2.45) is 10.9 Å². The molecule has 2 saturated carbocycles. The summed E-state index contributed by atoms with van der Waals surface area (Å²) in [6.45, 7) is 5.56. The molecule has 1 N–H and O–H groups in total. The number of anilines is 2. The lowest BCUT2D eigenvalue weighted by atomic mass is 9.76. The molecule has 3 aromatic rings. The fourth-order valence-corrected chi connectivity index (χ4v) is 7.94. The number of halogens is 2. The third kappa shape index (κ3) is 5.23. The number of pyridine rings is 1. The Kier molecular flexibility index (Phi) is 7.51. The summed E-state index contributed by atoms with van der Waals surface area (Å²) in [5.74, 6) is 1.21. The molecule has 42 heavy (non-hydrogen) atoms. The summed E-state index contributed by atoms with van der Waals surface area (Å²) >= 11 is 0. The first-order valence-corrected chi connectivity index (χ1v) is 15.9. The largest absolute Gasteiger partial charge is 0.309 e. The zero-order valence-electron chi connectivity index (χ0n) is 24.5. The van der Waals surface area contributed by atoms with E-state index in [9.17, 15) is 0 Å². The van der Waals surface area contributed by atoms with Crippen molar-refractivity contribution in [3.63, 3.8) is 0 Å². The molecule has 0 bridgehead atoms. The second-order valence-corrected chi connectivity index (χ2v) is 12.9. The lowest BCUT2D eigenvalue weighted by molar-refractivity contribution is 0.164. The quantitative estimate of drug-likeness (QED) is 0.323. The monoisotopic (exact) mass is 570 g/mol. The van der Waals surface area contributed by atoms with E-state index >= 15 is 8.78 Å². The van der Waals surface area contributed by atoms with Crippen LogP contribution in [0.5, 0.6) is 0 Å². The maximum Gasteiger partial charge on any atom is 0.229 e. The van der Waals surface area contributed by atoms with Crippen LogP contribution < -0.4 is 5.32 Å². The highest BCUT2D eigenvalue weighted by Gasteiger charge is 2.44. The van der Waals surface area contributed by atoms with Crippen molar-refractivity contribution in [3.8, 4) is 11.3 Å². The summed E-state index contributed by atoms with van der Waals surface area (Å²) in [7, 11) is 0. The maximum atomic E-state index is 15.2. The number of nitrogens with one attached hydrogen (secondary N) is 1. The first-order chi connectivity index (χ1) is 20.5. The van der Waals surface area contributed by atoms with Crippen LogP contribution in [0.1, 0.15) is 94.6 Å². The highest BCUT2D eigenvalue weighted by atomic mass is 19.1. The van der Waals surface area contributed by atoms with Crippen molar-refractivity contribution >= 4 is 23.2 Å². The minimum atomic E-state index is -0.589. The van der Waals surface area contributed by atoms with Gasteiger partial charge in [0.25, 0.3) is 0 Å². The van der Waals surface area contributed by atoms with E-state index in [0.717, 1.165) is 75.0 Å². The molecule has 0 atom stereocenters. The molecule has 0 amide bonds. The van der Waals surface area contributed by atoms with E-state index in [1.165, 1.54) is 50.3 Å². The van der Waals surface area contributed by atoms with Gasteiger partial charge in [-0.3, -0.25) is 4.99 Å². The zero-order chi connectivity index (χ0) is 28.7. The van der Waals surface area contributed by atoms with Crippen molar-refractivity contribution in [2.75, 3.05) is 25.0 Å². The number of aromatic nitrogens is 3. The summed E-state index contributed by atoms with van der Waals surface area (Å²) in [6, 6.07) is 7.29. The van der Waals surface area contributed by atoms with Crippen molar-refractivity contribution in [1.82, 2.24) is 19.9 Å². The van der Waals surface area contributed by atoms with Crippen LogP contribution in [-0.2, 0) is 5.41 Å². The molecule has 2 aliphatic heterocycles. The lowest BCUT2D eigenvalue weighted by Crippen LogP contribution is -2.37. The number of fused-ring (bicyclic) bond motifs is 2. The molecule has 6 nitrogen and oxygen atoms in total. The molecule has 4 aliphatic rings. The highest BCUT2D eigenvalue weighted by molar-refractivity contribution is 6.01. The van der Waals surface area contributed by atoms with Gasteiger partial charge < -0.3 is 10.2 Å². The number of rotatable bonds is 6. The molecular weight excluding hydrogens is 530 g/mol. The average molecular weight is 571 g/mol. The fraction of sp³-hybridized carbons (Fsp3) is 0.529. The van der Waals surface area contributed by atoms with Gasteiger partial charge in [0, 0.05) is 29.4 Å². The molecule has 0 radical (unpaired) electrons. The van der Waals surface area contributed by atoms with E-state index in [1.54, 1.807) is 0 Å². The summed E-state index contributed by atoms with van der Waals surface area (Å²) in [6.07, 6.45) is 16.5. The molecule has 2 aromatic heterocycles. The van der Waals surface area contributed by atoms with Crippen molar-refractivity contribution in [3.05, 3.63) is 59.4 Å². The highest BCUT2D eigenvalue weighted by Crippen LogP contribution is 2.52. The summed E-state index contributed by atoms with van der Waals surface area (Å²) in [5.41, 5.74) is 3.70. The van der Waals surface area contributed by atoms with Gasteiger partial charge in [0.2, 0.25) is 5.95 Å².